The SMILES string of the molecule is CS(=O)(=O)N1CCN(c2ccc([N+](=O)[O-])cc2C#N)CC1. The first-order valence-corrected chi connectivity index (χ1v) is 8.06. The lowest BCUT2D eigenvalue weighted by atomic mass is 10.1. The van der Waals surface area contributed by atoms with Crippen LogP contribution >= 0.6 is 0 Å². The van der Waals surface area contributed by atoms with Gasteiger partial charge in [0, 0.05) is 38.3 Å². The monoisotopic (exact) mass is 310 g/mol. The maximum Gasteiger partial charge on any atom is 0.270 e. The van der Waals surface area contributed by atoms with Crippen molar-refractivity contribution in [2.45, 2.75) is 0 Å². The summed E-state index contributed by atoms with van der Waals surface area (Å²) < 4.78 is 24.3. The topological polar surface area (TPSA) is 108 Å². The minimum absolute atomic E-state index is 0.134. The Kier molecular flexibility index (Phi) is 4.11. The molecule has 1 aliphatic heterocycles. The van der Waals surface area contributed by atoms with Gasteiger partial charge in [-0.2, -0.15) is 9.57 Å². The van der Waals surface area contributed by atoms with Gasteiger partial charge in [-0.1, -0.05) is 0 Å². The third-order valence-electron chi connectivity index (χ3n) is 3.36. The van der Waals surface area contributed by atoms with E-state index in [0.29, 0.717) is 31.9 Å². The Bertz CT molecular complexity index is 702. The van der Waals surface area contributed by atoms with Crippen LogP contribution in [0.25, 0.3) is 0 Å². The van der Waals surface area contributed by atoms with Crippen LogP contribution in [0.15, 0.2) is 18.2 Å². The van der Waals surface area contributed by atoms with Crippen LogP contribution < -0.4 is 4.90 Å². The Balaban J connectivity index is 2.21. The summed E-state index contributed by atoms with van der Waals surface area (Å²) in [5.41, 5.74) is 0.679. The van der Waals surface area contributed by atoms with E-state index < -0.39 is 14.9 Å². The van der Waals surface area contributed by atoms with Gasteiger partial charge in [-0.15, -0.1) is 0 Å². The molecule has 1 fully saturated rings. The Hall–Kier alpha value is -2.18. The van der Waals surface area contributed by atoms with Crippen molar-refractivity contribution in [1.82, 2.24) is 4.31 Å². The minimum atomic E-state index is -3.21. The lowest BCUT2D eigenvalue weighted by Crippen LogP contribution is -2.48. The van der Waals surface area contributed by atoms with E-state index in [1.807, 2.05) is 11.0 Å². The second kappa shape index (κ2) is 5.67. The second-order valence-corrected chi connectivity index (χ2v) is 6.70. The minimum Gasteiger partial charge on any atom is -0.368 e. The number of nitriles is 1. The van der Waals surface area contributed by atoms with Crippen LogP contribution in [0.3, 0.4) is 0 Å². The first-order chi connectivity index (χ1) is 9.82. The van der Waals surface area contributed by atoms with E-state index in [9.17, 15) is 18.5 Å². The average Bonchev–Trinajstić information content (AvgIpc) is 2.45. The molecule has 0 aliphatic carbocycles. The number of anilines is 1. The fourth-order valence-electron chi connectivity index (χ4n) is 2.26. The molecule has 0 spiro atoms. The molecule has 8 nitrogen and oxygen atoms in total. The van der Waals surface area contributed by atoms with Crippen molar-refractivity contribution < 1.29 is 13.3 Å². The zero-order valence-electron chi connectivity index (χ0n) is 11.4. The highest BCUT2D eigenvalue weighted by molar-refractivity contribution is 7.88. The Labute approximate surface area is 122 Å². The van der Waals surface area contributed by atoms with Gasteiger partial charge < -0.3 is 4.90 Å². The molecule has 1 saturated heterocycles. The fraction of sp³-hybridized carbons (Fsp3) is 0.417. The average molecular weight is 310 g/mol. The van der Waals surface area contributed by atoms with Crippen LogP contribution in [-0.2, 0) is 10.0 Å². The number of hydrogen-bond acceptors (Lipinski definition) is 6. The lowest BCUT2D eigenvalue weighted by Gasteiger charge is -2.35. The normalized spacial score (nSPS) is 16.5. The summed E-state index contributed by atoms with van der Waals surface area (Å²) in [6.07, 6.45) is 1.16. The molecule has 112 valence electrons. The quantitative estimate of drug-likeness (QED) is 0.596. The molecule has 0 atom stereocenters. The van der Waals surface area contributed by atoms with E-state index in [-0.39, 0.29) is 11.3 Å². The number of benzene rings is 1. The van der Waals surface area contributed by atoms with Crippen molar-refractivity contribution >= 4 is 21.4 Å². The van der Waals surface area contributed by atoms with Crippen molar-refractivity contribution in [1.29, 1.82) is 5.26 Å². The van der Waals surface area contributed by atoms with E-state index in [1.165, 1.54) is 22.5 Å². The van der Waals surface area contributed by atoms with Gasteiger partial charge >= 0.3 is 0 Å². The molecule has 2 rings (SSSR count). The molecule has 0 saturated carbocycles. The van der Waals surface area contributed by atoms with E-state index >= 15 is 0 Å². The molecule has 0 N–H and O–H groups in total. The predicted molar refractivity (Wildman–Crippen MR) is 76.4 cm³/mol. The first kappa shape index (κ1) is 15.2. The van der Waals surface area contributed by atoms with Crippen LogP contribution in [-0.4, -0.2) is 50.1 Å². The summed E-state index contributed by atoms with van der Waals surface area (Å²) in [6, 6.07) is 6.07. The van der Waals surface area contributed by atoms with Crippen molar-refractivity contribution in [3.05, 3.63) is 33.9 Å². The van der Waals surface area contributed by atoms with Gasteiger partial charge in [-0.3, -0.25) is 10.1 Å². The Morgan fingerprint density at radius 2 is 1.90 bits per heavy atom. The van der Waals surface area contributed by atoms with Crippen LogP contribution in [0.5, 0.6) is 0 Å². The summed E-state index contributed by atoms with van der Waals surface area (Å²) in [5, 5.41) is 19.9. The number of nitrogens with zero attached hydrogens (tertiary/aromatic N) is 4. The van der Waals surface area contributed by atoms with Gasteiger partial charge in [0.15, 0.2) is 0 Å². The van der Waals surface area contributed by atoms with Crippen molar-refractivity contribution in [3.8, 4) is 6.07 Å². The van der Waals surface area contributed by atoms with E-state index in [1.54, 1.807) is 0 Å². The molecule has 0 amide bonds. The van der Waals surface area contributed by atoms with Gasteiger partial charge in [-0.05, 0) is 6.07 Å². The standard InChI is InChI=1S/C12H14N4O4S/c1-21(19,20)15-6-4-14(5-7-15)12-3-2-11(16(17)18)8-10(12)9-13/h2-3,8H,4-7H2,1H3. The van der Waals surface area contributed by atoms with Gasteiger partial charge in [0.05, 0.1) is 22.4 Å². The van der Waals surface area contributed by atoms with Crippen molar-refractivity contribution in [3.63, 3.8) is 0 Å². The smallest absolute Gasteiger partial charge is 0.270 e. The van der Waals surface area contributed by atoms with E-state index in [4.69, 9.17) is 5.26 Å². The number of sulfonamides is 1. The van der Waals surface area contributed by atoms with Crippen molar-refractivity contribution in [2.75, 3.05) is 37.3 Å². The van der Waals surface area contributed by atoms with E-state index in [0.717, 1.165) is 6.26 Å². The molecule has 9 heteroatoms. The molecule has 0 aromatic heterocycles. The van der Waals surface area contributed by atoms with Gasteiger partial charge in [0.25, 0.3) is 5.69 Å². The number of non-ortho nitro benzene ring substituents is 1. The molecule has 1 aromatic carbocycles. The van der Waals surface area contributed by atoms with Gasteiger partial charge in [0.2, 0.25) is 10.0 Å². The molecular formula is C12H14N4O4S. The molecule has 0 bridgehead atoms. The molecule has 1 heterocycles. The van der Waals surface area contributed by atoms with Crippen LogP contribution in [0.2, 0.25) is 0 Å². The summed E-state index contributed by atoms with van der Waals surface area (Å²) in [6.45, 7) is 1.56. The zero-order chi connectivity index (χ0) is 15.6. The molecule has 0 radical (unpaired) electrons. The third kappa shape index (κ3) is 3.29. The van der Waals surface area contributed by atoms with Gasteiger partial charge in [0.1, 0.15) is 6.07 Å². The molecular weight excluding hydrogens is 296 g/mol. The maximum atomic E-state index is 11.5. The fourth-order valence-corrected chi connectivity index (χ4v) is 3.09. The summed E-state index contributed by atoms with van der Waals surface area (Å²) in [7, 11) is -3.21. The molecule has 21 heavy (non-hydrogen) atoms. The van der Waals surface area contributed by atoms with Crippen LogP contribution in [0, 0.1) is 21.4 Å². The van der Waals surface area contributed by atoms with Crippen LogP contribution in [0.1, 0.15) is 5.56 Å². The predicted octanol–water partition coefficient (Wildman–Crippen LogP) is 0.548. The first-order valence-electron chi connectivity index (χ1n) is 6.21. The number of nitro benzene ring substituents is 1. The molecule has 0 unspecified atom stereocenters. The highest BCUT2D eigenvalue weighted by Gasteiger charge is 2.25. The van der Waals surface area contributed by atoms with Crippen molar-refractivity contribution in [2.24, 2.45) is 0 Å². The number of rotatable bonds is 3. The third-order valence-corrected chi connectivity index (χ3v) is 4.66. The number of hydrogen-bond donors (Lipinski definition) is 0. The van der Waals surface area contributed by atoms with E-state index in [2.05, 4.69) is 0 Å². The van der Waals surface area contributed by atoms with Crippen LogP contribution in [0.4, 0.5) is 11.4 Å². The summed E-state index contributed by atoms with van der Waals surface area (Å²) in [4.78, 5) is 12.0. The maximum absolute atomic E-state index is 11.5. The van der Waals surface area contributed by atoms with Gasteiger partial charge in [-0.25, -0.2) is 8.42 Å². The zero-order valence-corrected chi connectivity index (χ0v) is 12.2. The lowest BCUT2D eigenvalue weighted by molar-refractivity contribution is -0.384. The number of piperazine rings is 1. The summed E-state index contributed by atoms with van der Waals surface area (Å²) >= 11 is 0. The summed E-state index contributed by atoms with van der Waals surface area (Å²) in [5.74, 6) is 0. The molecule has 1 aliphatic rings. The second-order valence-electron chi connectivity index (χ2n) is 4.72. The Morgan fingerprint density at radius 3 is 2.38 bits per heavy atom. The molecule has 1 aromatic rings. The highest BCUT2D eigenvalue weighted by Crippen LogP contribution is 2.26. The Morgan fingerprint density at radius 1 is 1.29 bits per heavy atom. The largest absolute Gasteiger partial charge is 0.368 e. The highest BCUT2D eigenvalue weighted by atomic mass is 32.2. The number of nitro groups is 1.